The number of amides is 2. The van der Waals surface area contributed by atoms with E-state index in [9.17, 15) is 19.8 Å². The van der Waals surface area contributed by atoms with E-state index in [1.54, 1.807) is 42.3 Å². The van der Waals surface area contributed by atoms with Gasteiger partial charge in [-0.15, -0.1) is 0 Å². The minimum Gasteiger partial charge on any atom is -0.504 e. The zero-order chi connectivity index (χ0) is 18.0. The van der Waals surface area contributed by atoms with Gasteiger partial charge in [-0.1, -0.05) is 18.2 Å². The Balaban J connectivity index is 1.73. The Labute approximate surface area is 145 Å². The van der Waals surface area contributed by atoms with Crippen LogP contribution in [0.1, 0.15) is 28.8 Å². The average molecular weight is 340 g/mol. The van der Waals surface area contributed by atoms with Gasteiger partial charge in [0.2, 0.25) is 5.91 Å². The standard InChI is InChI=1S/C19H20N2O4/c1-21(19(25)13-7-8-13)15-5-3-2-4-14(15)18(24)20-11-12-6-9-16(22)17(23)10-12/h2-6,9-10,13,22-23H,7-8,11H2,1H3,(H,20,24). The quantitative estimate of drug-likeness (QED) is 0.729. The van der Waals surface area contributed by atoms with Crippen LogP contribution in [0.2, 0.25) is 0 Å². The maximum Gasteiger partial charge on any atom is 0.253 e. The molecule has 1 aliphatic rings. The van der Waals surface area contributed by atoms with Gasteiger partial charge in [-0.25, -0.2) is 0 Å². The summed E-state index contributed by atoms with van der Waals surface area (Å²) >= 11 is 0. The highest BCUT2D eigenvalue weighted by Gasteiger charge is 2.33. The zero-order valence-electron chi connectivity index (χ0n) is 13.9. The van der Waals surface area contributed by atoms with Crippen LogP contribution in [0.25, 0.3) is 0 Å². The number of anilines is 1. The first-order valence-electron chi connectivity index (χ1n) is 8.13. The number of carbonyl (C=O) groups is 2. The molecule has 0 aromatic heterocycles. The molecule has 0 unspecified atom stereocenters. The van der Waals surface area contributed by atoms with Crippen molar-refractivity contribution in [1.82, 2.24) is 5.32 Å². The van der Waals surface area contributed by atoms with E-state index in [4.69, 9.17) is 0 Å². The predicted octanol–water partition coefficient (Wildman–Crippen LogP) is 2.40. The molecule has 0 saturated heterocycles. The van der Waals surface area contributed by atoms with Crippen molar-refractivity contribution in [3.63, 3.8) is 0 Å². The maximum atomic E-state index is 12.5. The summed E-state index contributed by atoms with van der Waals surface area (Å²) in [5, 5.41) is 21.6. The van der Waals surface area contributed by atoms with Crippen molar-refractivity contribution in [2.75, 3.05) is 11.9 Å². The molecule has 0 spiro atoms. The number of aromatic hydroxyl groups is 2. The van der Waals surface area contributed by atoms with Crippen LogP contribution < -0.4 is 10.2 Å². The first-order chi connectivity index (χ1) is 12.0. The van der Waals surface area contributed by atoms with Crippen molar-refractivity contribution in [1.29, 1.82) is 0 Å². The number of hydrogen-bond donors (Lipinski definition) is 3. The number of nitrogens with zero attached hydrogens (tertiary/aromatic N) is 1. The number of rotatable bonds is 5. The summed E-state index contributed by atoms with van der Waals surface area (Å²) in [6.07, 6.45) is 1.81. The lowest BCUT2D eigenvalue weighted by Gasteiger charge is -2.20. The lowest BCUT2D eigenvalue weighted by molar-refractivity contribution is -0.119. The lowest BCUT2D eigenvalue weighted by Crippen LogP contribution is -2.31. The molecule has 1 fully saturated rings. The van der Waals surface area contributed by atoms with E-state index in [2.05, 4.69) is 5.32 Å². The van der Waals surface area contributed by atoms with Crippen LogP contribution in [-0.4, -0.2) is 29.1 Å². The summed E-state index contributed by atoms with van der Waals surface area (Å²) in [5.41, 5.74) is 1.65. The Hall–Kier alpha value is -3.02. The highest BCUT2D eigenvalue weighted by Crippen LogP contribution is 2.33. The third-order valence-corrected chi connectivity index (χ3v) is 4.26. The third-order valence-electron chi connectivity index (χ3n) is 4.26. The van der Waals surface area contributed by atoms with Crippen LogP contribution in [0.4, 0.5) is 5.69 Å². The van der Waals surface area contributed by atoms with Gasteiger partial charge < -0.3 is 20.4 Å². The molecule has 3 N–H and O–H groups in total. The number of para-hydroxylation sites is 1. The topological polar surface area (TPSA) is 89.9 Å². The number of phenols is 2. The van der Waals surface area contributed by atoms with Gasteiger partial charge in [-0.05, 0) is 42.7 Å². The van der Waals surface area contributed by atoms with Crippen LogP contribution >= 0.6 is 0 Å². The second kappa shape index (κ2) is 6.84. The molecule has 1 aliphatic carbocycles. The molecule has 2 aromatic carbocycles. The molecule has 6 nitrogen and oxygen atoms in total. The van der Waals surface area contributed by atoms with E-state index in [0.717, 1.165) is 12.8 Å². The van der Waals surface area contributed by atoms with E-state index < -0.39 is 0 Å². The zero-order valence-corrected chi connectivity index (χ0v) is 13.9. The van der Waals surface area contributed by atoms with Crippen molar-refractivity contribution in [2.45, 2.75) is 19.4 Å². The summed E-state index contributed by atoms with van der Waals surface area (Å²) in [6.45, 7) is 0.196. The van der Waals surface area contributed by atoms with Gasteiger partial charge in [0.25, 0.3) is 5.91 Å². The molecule has 0 radical (unpaired) electrons. The first-order valence-corrected chi connectivity index (χ1v) is 8.13. The number of carbonyl (C=O) groups excluding carboxylic acids is 2. The Morgan fingerprint density at radius 2 is 1.84 bits per heavy atom. The molecule has 0 atom stereocenters. The van der Waals surface area contributed by atoms with Crippen LogP contribution in [0.15, 0.2) is 42.5 Å². The SMILES string of the molecule is CN(C(=O)C1CC1)c1ccccc1C(=O)NCc1ccc(O)c(O)c1. The van der Waals surface area contributed by atoms with Gasteiger partial charge in [-0.2, -0.15) is 0 Å². The number of benzene rings is 2. The molecule has 1 saturated carbocycles. The third kappa shape index (κ3) is 3.74. The predicted molar refractivity (Wildman–Crippen MR) is 93.5 cm³/mol. The summed E-state index contributed by atoms with van der Waals surface area (Å²) in [4.78, 5) is 26.4. The Bertz CT molecular complexity index is 815. The van der Waals surface area contributed by atoms with Gasteiger partial charge in [0.05, 0.1) is 11.3 Å². The molecule has 6 heteroatoms. The van der Waals surface area contributed by atoms with Crippen molar-refractivity contribution >= 4 is 17.5 Å². The van der Waals surface area contributed by atoms with E-state index in [1.165, 1.54) is 12.1 Å². The largest absolute Gasteiger partial charge is 0.504 e. The fourth-order valence-electron chi connectivity index (χ4n) is 2.64. The average Bonchev–Trinajstić information content (AvgIpc) is 3.46. The van der Waals surface area contributed by atoms with Gasteiger partial charge in [0, 0.05) is 19.5 Å². The van der Waals surface area contributed by atoms with Crippen LogP contribution in [0, 0.1) is 5.92 Å². The molecule has 130 valence electrons. The second-order valence-corrected chi connectivity index (χ2v) is 6.19. The number of nitrogens with one attached hydrogen (secondary N) is 1. The van der Waals surface area contributed by atoms with E-state index in [0.29, 0.717) is 16.8 Å². The van der Waals surface area contributed by atoms with Gasteiger partial charge >= 0.3 is 0 Å². The second-order valence-electron chi connectivity index (χ2n) is 6.19. The number of hydrogen-bond acceptors (Lipinski definition) is 4. The molecule has 0 heterocycles. The van der Waals surface area contributed by atoms with Crippen molar-refractivity contribution < 1.29 is 19.8 Å². The monoisotopic (exact) mass is 340 g/mol. The molecule has 3 rings (SSSR count). The highest BCUT2D eigenvalue weighted by molar-refractivity contribution is 6.05. The first kappa shape index (κ1) is 16.8. The fraction of sp³-hybridized carbons (Fsp3) is 0.263. The normalized spacial score (nSPS) is 13.3. The van der Waals surface area contributed by atoms with E-state index >= 15 is 0 Å². The fourth-order valence-corrected chi connectivity index (χ4v) is 2.64. The summed E-state index contributed by atoms with van der Waals surface area (Å²) < 4.78 is 0. The summed E-state index contributed by atoms with van der Waals surface area (Å²) in [7, 11) is 1.69. The van der Waals surface area contributed by atoms with Crippen LogP contribution in [-0.2, 0) is 11.3 Å². The highest BCUT2D eigenvalue weighted by atomic mass is 16.3. The molecule has 0 bridgehead atoms. The van der Waals surface area contributed by atoms with E-state index in [1.807, 2.05) is 0 Å². The van der Waals surface area contributed by atoms with Crippen molar-refractivity contribution in [3.05, 3.63) is 53.6 Å². The lowest BCUT2D eigenvalue weighted by atomic mass is 10.1. The maximum absolute atomic E-state index is 12.5. The molecule has 2 amide bonds. The molecule has 0 aliphatic heterocycles. The molecular weight excluding hydrogens is 320 g/mol. The van der Waals surface area contributed by atoms with Gasteiger partial charge in [0.15, 0.2) is 11.5 Å². The minimum atomic E-state index is -0.307. The summed E-state index contributed by atoms with van der Waals surface area (Å²) in [6, 6.07) is 11.3. The van der Waals surface area contributed by atoms with Crippen LogP contribution in [0.5, 0.6) is 11.5 Å². The minimum absolute atomic E-state index is 0.0312. The van der Waals surface area contributed by atoms with Gasteiger partial charge in [-0.3, -0.25) is 9.59 Å². The van der Waals surface area contributed by atoms with Gasteiger partial charge in [0.1, 0.15) is 0 Å². The Kier molecular flexibility index (Phi) is 4.61. The van der Waals surface area contributed by atoms with Crippen molar-refractivity contribution in [3.8, 4) is 11.5 Å². The van der Waals surface area contributed by atoms with Crippen molar-refractivity contribution in [2.24, 2.45) is 5.92 Å². The molecule has 25 heavy (non-hydrogen) atoms. The summed E-state index contributed by atoms with van der Waals surface area (Å²) in [5.74, 6) is -0.647. The number of phenolic OH excluding ortho intramolecular Hbond substituents is 2. The van der Waals surface area contributed by atoms with Crippen LogP contribution in [0.3, 0.4) is 0 Å². The molecular formula is C19H20N2O4. The smallest absolute Gasteiger partial charge is 0.253 e. The Morgan fingerprint density at radius 3 is 2.52 bits per heavy atom. The van der Waals surface area contributed by atoms with E-state index in [-0.39, 0.29) is 35.8 Å². The molecule has 2 aromatic rings. The Morgan fingerprint density at radius 1 is 1.12 bits per heavy atom.